The summed E-state index contributed by atoms with van der Waals surface area (Å²) in [5, 5.41) is 3.52. The zero-order valence-electron chi connectivity index (χ0n) is 11.0. The third-order valence-corrected chi connectivity index (χ3v) is 3.26. The summed E-state index contributed by atoms with van der Waals surface area (Å²) in [5.41, 5.74) is 1.86. The van der Waals surface area contributed by atoms with Crippen molar-refractivity contribution in [2.75, 3.05) is 6.54 Å². The summed E-state index contributed by atoms with van der Waals surface area (Å²) in [5.74, 6) is -0.379. The summed E-state index contributed by atoms with van der Waals surface area (Å²) in [4.78, 5) is 4.35. The van der Waals surface area contributed by atoms with E-state index in [0.29, 0.717) is 6.42 Å². The van der Waals surface area contributed by atoms with E-state index in [4.69, 9.17) is 11.6 Å². The van der Waals surface area contributed by atoms with Gasteiger partial charge in [0.15, 0.2) is 0 Å². The van der Waals surface area contributed by atoms with Gasteiger partial charge < -0.3 is 9.88 Å². The lowest BCUT2D eigenvalue weighted by Crippen LogP contribution is -2.23. The number of likely N-dealkylation sites (N-methyl/N-ethyl adjacent to an activating group) is 1. The summed E-state index contributed by atoms with van der Waals surface area (Å²) in [6.45, 7) is 2.87. The van der Waals surface area contributed by atoms with Crippen molar-refractivity contribution < 1.29 is 4.39 Å². The maximum Gasteiger partial charge on any atom is 0.142 e. The number of halogens is 2. The average Bonchev–Trinajstić information content (AvgIpc) is 2.80. The van der Waals surface area contributed by atoms with Gasteiger partial charge in [0.05, 0.1) is 23.1 Å². The van der Waals surface area contributed by atoms with Crippen LogP contribution in [0.5, 0.6) is 0 Å². The van der Waals surface area contributed by atoms with Gasteiger partial charge in [-0.2, -0.15) is 0 Å². The Hall–Kier alpha value is -1.39. The molecule has 0 amide bonds. The molecule has 5 heteroatoms. The largest absolute Gasteiger partial charge is 0.340 e. The van der Waals surface area contributed by atoms with Gasteiger partial charge in [-0.1, -0.05) is 24.6 Å². The van der Waals surface area contributed by atoms with Gasteiger partial charge in [-0.3, -0.25) is 0 Å². The van der Waals surface area contributed by atoms with Crippen molar-refractivity contribution in [3.8, 4) is 0 Å². The number of aryl methyl sites for hydroxylation is 1. The van der Waals surface area contributed by atoms with Crippen LogP contribution in [0.3, 0.4) is 0 Å². The first-order chi connectivity index (χ1) is 9.10. The van der Waals surface area contributed by atoms with Gasteiger partial charge in [-0.15, -0.1) is 0 Å². The maximum atomic E-state index is 13.4. The standard InChI is InChI=1S/C14H17ClFN3/c1-3-17-13(14-8-19(2)9-18-14)7-10-4-5-11(15)12(16)6-10/h4-6,8-9,13,17H,3,7H2,1-2H3. The first-order valence-electron chi connectivity index (χ1n) is 6.25. The molecule has 2 rings (SSSR count). The number of rotatable bonds is 5. The van der Waals surface area contributed by atoms with Crippen LogP contribution in [-0.4, -0.2) is 16.1 Å². The molecule has 0 saturated carbocycles. The highest BCUT2D eigenvalue weighted by Crippen LogP contribution is 2.20. The minimum absolute atomic E-state index is 0.0757. The molecule has 0 radical (unpaired) electrons. The average molecular weight is 282 g/mol. The molecule has 0 aliphatic carbocycles. The Labute approximate surface area is 117 Å². The molecule has 1 aromatic carbocycles. The number of imidazole rings is 1. The lowest BCUT2D eigenvalue weighted by molar-refractivity contribution is 0.536. The molecule has 0 fully saturated rings. The van der Waals surface area contributed by atoms with Gasteiger partial charge in [0.2, 0.25) is 0 Å². The van der Waals surface area contributed by atoms with Crippen LogP contribution in [0.15, 0.2) is 30.7 Å². The molecule has 0 aliphatic rings. The van der Waals surface area contributed by atoms with E-state index in [0.717, 1.165) is 17.8 Å². The molecule has 1 N–H and O–H groups in total. The highest BCUT2D eigenvalue weighted by atomic mass is 35.5. The van der Waals surface area contributed by atoms with E-state index in [1.54, 1.807) is 12.4 Å². The fraction of sp³-hybridized carbons (Fsp3) is 0.357. The van der Waals surface area contributed by atoms with E-state index in [9.17, 15) is 4.39 Å². The normalized spacial score (nSPS) is 12.6. The Balaban J connectivity index is 2.18. The van der Waals surface area contributed by atoms with Crippen LogP contribution in [0.25, 0.3) is 0 Å². The zero-order valence-corrected chi connectivity index (χ0v) is 11.8. The number of aromatic nitrogens is 2. The number of nitrogens with zero attached hydrogens (tertiary/aromatic N) is 2. The van der Waals surface area contributed by atoms with Crippen molar-refractivity contribution in [1.29, 1.82) is 0 Å². The fourth-order valence-electron chi connectivity index (χ4n) is 2.04. The van der Waals surface area contributed by atoms with Crippen LogP contribution in [0.2, 0.25) is 5.02 Å². The highest BCUT2D eigenvalue weighted by Gasteiger charge is 2.14. The molecule has 1 heterocycles. The molecule has 0 spiro atoms. The summed E-state index contributed by atoms with van der Waals surface area (Å²) in [7, 11) is 1.93. The summed E-state index contributed by atoms with van der Waals surface area (Å²) in [6.07, 6.45) is 4.42. The van der Waals surface area contributed by atoms with Gasteiger partial charge >= 0.3 is 0 Å². The van der Waals surface area contributed by atoms with Gasteiger partial charge in [0.1, 0.15) is 5.82 Å². The molecule has 1 unspecified atom stereocenters. The van der Waals surface area contributed by atoms with E-state index >= 15 is 0 Å². The van der Waals surface area contributed by atoms with Gasteiger partial charge in [0, 0.05) is 13.2 Å². The van der Waals surface area contributed by atoms with Crippen LogP contribution in [0.4, 0.5) is 4.39 Å². The Morgan fingerprint density at radius 1 is 1.47 bits per heavy atom. The predicted octanol–water partition coefficient (Wildman–Crippen LogP) is 3.11. The van der Waals surface area contributed by atoms with Gasteiger partial charge in [0.25, 0.3) is 0 Å². The first kappa shape index (κ1) is 14.0. The smallest absolute Gasteiger partial charge is 0.142 e. The molecule has 1 atom stereocenters. The molecule has 0 aliphatic heterocycles. The summed E-state index contributed by atoms with van der Waals surface area (Å²) in [6, 6.07) is 4.99. The van der Waals surface area contributed by atoms with Crippen LogP contribution in [0.1, 0.15) is 24.2 Å². The number of hydrogen-bond acceptors (Lipinski definition) is 2. The Morgan fingerprint density at radius 3 is 2.84 bits per heavy atom. The van der Waals surface area contributed by atoms with E-state index < -0.39 is 0 Å². The topological polar surface area (TPSA) is 29.9 Å². The zero-order chi connectivity index (χ0) is 13.8. The van der Waals surface area contributed by atoms with E-state index in [1.165, 1.54) is 6.07 Å². The number of hydrogen-bond donors (Lipinski definition) is 1. The van der Waals surface area contributed by atoms with Crippen molar-refractivity contribution in [3.63, 3.8) is 0 Å². The molecule has 19 heavy (non-hydrogen) atoms. The minimum atomic E-state index is -0.379. The van der Waals surface area contributed by atoms with Crippen LogP contribution in [0, 0.1) is 5.82 Å². The Morgan fingerprint density at radius 2 is 2.26 bits per heavy atom. The van der Waals surface area contributed by atoms with Gasteiger partial charge in [-0.05, 0) is 30.7 Å². The molecular formula is C14H17ClFN3. The second-order valence-corrected chi connectivity index (χ2v) is 4.93. The molecule has 2 aromatic rings. The lowest BCUT2D eigenvalue weighted by Gasteiger charge is -2.16. The molecular weight excluding hydrogens is 265 g/mol. The van der Waals surface area contributed by atoms with Crippen molar-refractivity contribution in [1.82, 2.24) is 14.9 Å². The van der Waals surface area contributed by atoms with Crippen molar-refractivity contribution in [3.05, 3.63) is 52.8 Å². The summed E-state index contributed by atoms with van der Waals surface area (Å²) < 4.78 is 15.4. The number of benzene rings is 1. The first-order valence-corrected chi connectivity index (χ1v) is 6.63. The van der Waals surface area contributed by atoms with E-state index in [-0.39, 0.29) is 16.9 Å². The molecule has 3 nitrogen and oxygen atoms in total. The summed E-state index contributed by atoms with van der Waals surface area (Å²) >= 11 is 5.69. The molecule has 1 aromatic heterocycles. The van der Waals surface area contributed by atoms with Gasteiger partial charge in [-0.25, -0.2) is 9.37 Å². The van der Waals surface area contributed by atoms with Crippen molar-refractivity contribution in [2.24, 2.45) is 7.05 Å². The van der Waals surface area contributed by atoms with Crippen LogP contribution in [-0.2, 0) is 13.5 Å². The molecule has 102 valence electrons. The third-order valence-electron chi connectivity index (χ3n) is 2.96. The van der Waals surface area contributed by atoms with Crippen molar-refractivity contribution in [2.45, 2.75) is 19.4 Å². The second kappa shape index (κ2) is 6.17. The van der Waals surface area contributed by atoms with Crippen LogP contribution >= 0.6 is 11.6 Å². The van der Waals surface area contributed by atoms with Crippen molar-refractivity contribution >= 4 is 11.6 Å². The van der Waals surface area contributed by atoms with E-state index in [1.807, 2.05) is 30.8 Å². The monoisotopic (exact) mass is 281 g/mol. The quantitative estimate of drug-likeness (QED) is 0.913. The second-order valence-electron chi connectivity index (χ2n) is 4.53. The Kier molecular flexibility index (Phi) is 4.56. The van der Waals surface area contributed by atoms with E-state index in [2.05, 4.69) is 10.3 Å². The molecule has 0 bridgehead atoms. The lowest BCUT2D eigenvalue weighted by atomic mass is 10.0. The highest BCUT2D eigenvalue weighted by molar-refractivity contribution is 6.30. The fourth-order valence-corrected chi connectivity index (χ4v) is 2.16. The number of nitrogens with one attached hydrogen (secondary N) is 1. The third kappa shape index (κ3) is 3.55. The minimum Gasteiger partial charge on any atom is -0.340 e. The SMILES string of the molecule is CCNC(Cc1ccc(Cl)c(F)c1)c1cn(C)cn1. The Bertz CT molecular complexity index is 553. The maximum absolute atomic E-state index is 13.4. The molecule has 0 saturated heterocycles. The predicted molar refractivity (Wildman–Crippen MR) is 74.7 cm³/mol. The van der Waals surface area contributed by atoms with Crippen LogP contribution < -0.4 is 5.32 Å².